The molecular formula is C13H24O2. The average Bonchev–Trinajstić information content (AvgIpc) is 2.87. The van der Waals surface area contributed by atoms with Crippen molar-refractivity contribution >= 4 is 0 Å². The van der Waals surface area contributed by atoms with E-state index in [9.17, 15) is 0 Å². The van der Waals surface area contributed by atoms with Crippen LogP contribution >= 0.6 is 0 Å². The molecule has 2 fully saturated rings. The van der Waals surface area contributed by atoms with E-state index >= 15 is 0 Å². The monoisotopic (exact) mass is 212 g/mol. The molecule has 0 amide bonds. The van der Waals surface area contributed by atoms with Gasteiger partial charge < -0.3 is 9.47 Å². The summed E-state index contributed by atoms with van der Waals surface area (Å²) in [7, 11) is 0. The Morgan fingerprint density at radius 2 is 2.13 bits per heavy atom. The van der Waals surface area contributed by atoms with Crippen molar-refractivity contribution in [3.05, 3.63) is 0 Å². The van der Waals surface area contributed by atoms with E-state index in [2.05, 4.69) is 27.7 Å². The number of rotatable bonds is 4. The molecule has 0 N–H and O–H groups in total. The molecule has 88 valence electrons. The van der Waals surface area contributed by atoms with Gasteiger partial charge in [0.15, 0.2) is 0 Å². The molecule has 0 spiro atoms. The maximum Gasteiger partial charge on any atom is 0.116 e. The first-order valence-electron chi connectivity index (χ1n) is 6.37. The maximum absolute atomic E-state index is 6.18. The van der Waals surface area contributed by atoms with Crippen LogP contribution in [-0.2, 0) is 9.47 Å². The minimum absolute atomic E-state index is 0.00299. The van der Waals surface area contributed by atoms with Crippen LogP contribution in [0.4, 0.5) is 0 Å². The predicted molar refractivity (Wildman–Crippen MR) is 60.9 cm³/mol. The number of epoxide rings is 1. The molecule has 2 rings (SSSR count). The lowest BCUT2D eigenvalue weighted by Crippen LogP contribution is -2.49. The van der Waals surface area contributed by atoms with Gasteiger partial charge in [-0.3, -0.25) is 0 Å². The van der Waals surface area contributed by atoms with E-state index in [-0.39, 0.29) is 11.2 Å². The molecule has 1 aliphatic carbocycles. The van der Waals surface area contributed by atoms with Crippen LogP contribution in [0.5, 0.6) is 0 Å². The molecular weight excluding hydrogens is 188 g/mol. The minimum Gasteiger partial charge on any atom is -0.372 e. The maximum atomic E-state index is 6.18. The molecule has 0 aromatic rings. The first-order valence-corrected chi connectivity index (χ1v) is 6.37. The van der Waals surface area contributed by atoms with Gasteiger partial charge >= 0.3 is 0 Å². The number of ether oxygens (including phenoxy) is 2. The van der Waals surface area contributed by atoms with E-state index in [1.807, 2.05) is 0 Å². The summed E-state index contributed by atoms with van der Waals surface area (Å²) in [6, 6.07) is 0. The first kappa shape index (κ1) is 11.4. The van der Waals surface area contributed by atoms with Crippen molar-refractivity contribution in [3.63, 3.8) is 0 Å². The largest absolute Gasteiger partial charge is 0.372 e. The molecule has 1 aliphatic heterocycles. The van der Waals surface area contributed by atoms with E-state index in [1.54, 1.807) is 0 Å². The summed E-state index contributed by atoms with van der Waals surface area (Å²) in [6.07, 6.45) is 5.07. The quantitative estimate of drug-likeness (QED) is 0.668. The van der Waals surface area contributed by atoms with E-state index in [0.29, 0.717) is 12.0 Å². The Kier molecular flexibility index (Phi) is 2.85. The molecule has 15 heavy (non-hydrogen) atoms. The fourth-order valence-electron chi connectivity index (χ4n) is 3.09. The van der Waals surface area contributed by atoms with Gasteiger partial charge in [-0.05, 0) is 38.5 Å². The molecule has 1 saturated carbocycles. The second-order valence-electron chi connectivity index (χ2n) is 5.62. The second kappa shape index (κ2) is 3.74. The van der Waals surface area contributed by atoms with Crippen LogP contribution in [0.1, 0.15) is 53.4 Å². The van der Waals surface area contributed by atoms with Gasteiger partial charge in [0.25, 0.3) is 0 Å². The predicted octanol–water partition coefficient (Wildman–Crippen LogP) is 3.15. The Hall–Kier alpha value is -0.0800. The van der Waals surface area contributed by atoms with Gasteiger partial charge in [-0.25, -0.2) is 0 Å². The highest BCUT2D eigenvalue weighted by atomic mass is 16.6. The molecule has 2 aliphatic rings. The summed E-state index contributed by atoms with van der Waals surface area (Å²) in [5.41, 5.74) is 0.138. The van der Waals surface area contributed by atoms with Gasteiger partial charge in [0, 0.05) is 6.61 Å². The third kappa shape index (κ3) is 1.72. The number of hydrogen-bond acceptors (Lipinski definition) is 2. The van der Waals surface area contributed by atoms with Gasteiger partial charge in [-0.15, -0.1) is 0 Å². The Labute approximate surface area is 93.3 Å². The van der Waals surface area contributed by atoms with E-state index in [0.717, 1.165) is 13.0 Å². The highest BCUT2D eigenvalue weighted by molar-refractivity contribution is 5.15. The van der Waals surface area contributed by atoms with Crippen LogP contribution in [0, 0.1) is 5.92 Å². The van der Waals surface area contributed by atoms with E-state index < -0.39 is 0 Å². The molecule has 3 unspecified atom stereocenters. The number of hydrogen-bond donors (Lipinski definition) is 0. The summed E-state index contributed by atoms with van der Waals surface area (Å²) in [5, 5.41) is 0. The third-order valence-electron chi connectivity index (χ3n) is 4.12. The lowest BCUT2D eigenvalue weighted by molar-refractivity contribution is -0.105. The van der Waals surface area contributed by atoms with Crippen molar-refractivity contribution in [2.24, 2.45) is 5.92 Å². The molecule has 3 atom stereocenters. The summed E-state index contributed by atoms with van der Waals surface area (Å²) in [6.45, 7) is 9.81. The van der Waals surface area contributed by atoms with Crippen molar-refractivity contribution < 1.29 is 9.47 Å². The zero-order valence-electron chi connectivity index (χ0n) is 10.5. The lowest BCUT2D eigenvalue weighted by atomic mass is 9.73. The Morgan fingerprint density at radius 3 is 2.73 bits per heavy atom. The highest BCUT2D eigenvalue weighted by Crippen LogP contribution is 2.56. The molecule has 1 heterocycles. The molecule has 0 bridgehead atoms. The third-order valence-corrected chi connectivity index (χ3v) is 4.12. The van der Waals surface area contributed by atoms with Crippen molar-refractivity contribution in [1.82, 2.24) is 0 Å². The Morgan fingerprint density at radius 1 is 1.40 bits per heavy atom. The van der Waals surface area contributed by atoms with Gasteiger partial charge in [-0.1, -0.05) is 20.8 Å². The van der Waals surface area contributed by atoms with Crippen molar-refractivity contribution in [3.8, 4) is 0 Å². The van der Waals surface area contributed by atoms with Crippen molar-refractivity contribution in [1.29, 1.82) is 0 Å². The van der Waals surface area contributed by atoms with Crippen LogP contribution in [-0.4, -0.2) is 23.9 Å². The lowest BCUT2D eigenvalue weighted by Gasteiger charge is -2.40. The average molecular weight is 212 g/mol. The molecule has 0 radical (unpaired) electrons. The van der Waals surface area contributed by atoms with Crippen LogP contribution in [0.2, 0.25) is 0 Å². The topological polar surface area (TPSA) is 21.8 Å². The van der Waals surface area contributed by atoms with Crippen LogP contribution in [0.25, 0.3) is 0 Å². The summed E-state index contributed by atoms with van der Waals surface area (Å²) in [5.74, 6) is 0.552. The summed E-state index contributed by atoms with van der Waals surface area (Å²) >= 11 is 0. The summed E-state index contributed by atoms with van der Waals surface area (Å²) in [4.78, 5) is 0. The second-order valence-corrected chi connectivity index (χ2v) is 5.62. The number of fused-ring (bicyclic) bond motifs is 1. The molecule has 2 nitrogen and oxygen atoms in total. The SMILES string of the molecule is CCCOC1(C(C)C)CCCC2(C)OC21. The Balaban J connectivity index is 2.12. The fraction of sp³-hybridized carbons (Fsp3) is 1.00. The Bertz CT molecular complexity index is 239. The summed E-state index contributed by atoms with van der Waals surface area (Å²) < 4.78 is 12.1. The molecule has 0 aromatic carbocycles. The van der Waals surface area contributed by atoms with Crippen molar-refractivity contribution in [2.75, 3.05) is 6.61 Å². The van der Waals surface area contributed by atoms with Gasteiger partial charge in [0.2, 0.25) is 0 Å². The standard InChI is InChI=1S/C13H24O2/c1-5-9-14-13(10(2)3)8-6-7-12(4)11(13)15-12/h10-11H,5-9H2,1-4H3. The van der Waals surface area contributed by atoms with E-state index in [4.69, 9.17) is 9.47 Å². The van der Waals surface area contributed by atoms with Gasteiger partial charge in [0.05, 0.1) is 11.2 Å². The molecule has 0 aromatic heterocycles. The smallest absolute Gasteiger partial charge is 0.116 e. The molecule has 1 saturated heterocycles. The zero-order chi connectivity index (χ0) is 11.1. The first-order chi connectivity index (χ1) is 7.05. The van der Waals surface area contributed by atoms with E-state index in [1.165, 1.54) is 19.3 Å². The fourth-order valence-corrected chi connectivity index (χ4v) is 3.09. The van der Waals surface area contributed by atoms with Crippen molar-refractivity contribution in [2.45, 2.75) is 70.7 Å². The van der Waals surface area contributed by atoms with Crippen LogP contribution < -0.4 is 0 Å². The van der Waals surface area contributed by atoms with Crippen LogP contribution in [0.3, 0.4) is 0 Å². The van der Waals surface area contributed by atoms with Gasteiger partial charge in [-0.2, -0.15) is 0 Å². The highest BCUT2D eigenvalue weighted by Gasteiger charge is 2.66. The van der Waals surface area contributed by atoms with Gasteiger partial charge in [0.1, 0.15) is 6.10 Å². The zero-order valence-corrected chi connectivity index (χ0v) is 10.5. The normalized spacial score (nSPS) is 44.2. The minimum atomic E-state index is 0.00299. The van der Waals surface area contributed by atoms with Crippen LogP contribution in [0.15, 0.2) is 0 Å². The molecule has 2 heteroatoms.